The number of para-hydroxylation sites is 2. The topological polar surface area (TPSA) is 43.8 Å². The van der Waals surface area contributed by atoms with Crippen LogP contribution in [-0.4, -0.2) is 9.55 Å². The Morgan fingerprint density at radius 3 is 2.56 bits per heavy atom. The summed E-state index contributed by atoms with van der Waals surface area (Å²) >= 11 is 0. The molecular formula is C15H21N3. The number of hydrogen-bond acceptors (Lipinski definition) is 2. The molecule has 0 aliphatic heterocycles. The van der Waals surface area contributed by atoms with Crippen LogP contribution in [0, 0.1) is 0 Å². The summed E-state index contributed by atoms with van der Waals surface area (Å²) in [6.45, 7) is 0.533. The van der Waals surface area contributed by atoms with Crippen LogP contribution in [0.25, 0.3) is 11.0 Å². The van der Waals surface area contributed by atoms with Gasteiger partial charge in [-0.2, -0.15) is 0 Å². The summed E-state index contributed by atoms with van der Waals surface area (Å²) in [6, 6.07) is 9.00. The molecule has 3 nitrogen and oxygen atoms in total. The molecule has 1 heterocycles. The average molecular weight is 243 g/mol. The second kappa shape index (κ2) is 5.11. The van der Waals surface area contributed by atoms with E-state index in [4.69, 9.17) is 5.73 Å². The minimum atomic E-state index is 0.533. The van der Waals surface area contributed by atoms with Crippen molar-refractivity contribution in [2.75, 3.05) is 0 Å². The maximum Gasteiger partial charge on any atom is 0.123 e. The lowest BCUT2D eigenvalue weighted by atomic mass is 10.1. The fourth-order valence-corrected chi connectivity index (χ4v) is 3.16. The zero-order valence-corrected chi connectivity index (χ0v) is 10.8. The van der Waals surface area contributed by atoms with Gasteiger partial charge in [0, 0.05) is 6.04 Å². The van der Waals surface area contributed by atoms with Crippen molar-refractivity contribution in [2.24, 2.45) is 5.73 Å². The Morgan fingerprint density at radius 2 is 1.83 bits per heavy atom. The number of benzene rings is 1. The third-order valence-electron chi connectivity index (χ3n) is 4.04. The van der Waals surface area contributed by atoms with E-state index < -0.39 is 0 Å². The fraction of sp³-hybridized carbons (Fsp3) is 0.533. The molecule has 0 bridgehead atoms. The van der Waals surface area contributed by atoms with Gasteiger partial charge in [-0.15, -0.1) is 0 Å². The molecule has 1 aromatic heterocycles. The number of rotatable bonds is 2. The Labute approximate surface area is 108 Å². The van der Waals surface area contributed by atoms with Gasteiger partial charge in [0.15, 0.2) is 0 Å². The van der Waals surface area contributed by atoms with Crippen LogP contribution in [0.2, 0.25) is 0 Å². The van der Waals surface area contributed by atoms with Gasteiger partial charge in [-0.3, -0.25) is 0 Å². The average Bonchev–Trinajstić information content (AvgIpc) is 2.59. The van der Waals surface area contributed by atoms with Crippen molar-refractivity contribution in [1.29, 1.82) is 0 Å². The van der Waals surface area contributed by atoms with Crippen LogP contribution in [0.15, 0.2) is 24.3 Å². The van der Waals surface area contributed by atoms with E-state index in [0.717, 1.165) is 11.3 Å². The molecule has 0 atom stereocenters. The molecule has 0 radical (unpaired) electrons. The van der Waals surface area contributed by atoms with E-state index in [2.05, 4.69) is 27.8 Å². The van der Waals surface area contributed by atoms with E-state index in [1.165, 1.54) is 44.0 Å². The van der Waals surface area contributed by atoms with Gasteiger partial charge < -0.3 is 10.3 Å². The zero-order chi connectivity index (χ0) is 12.4. The minimum Gasteiger partial charge on any atom is -0.324 e. The van der Waals surface area contributed by atoms with Crippen molar-refractivity contribution in [3.8, 4) is 0 Å². The Bertz CT molecular complexity index is 522. The molecular weight excluding hydrogens is 222 g/mol. The molecule has 2 aromatic rings. The predicted molar refractivity (Wildman–Crippen MR) is 74.4 cm³/mol. The van der Waals surface area contributed by atoms with E-state index >= 15 is 0 Å². The maximum absolute atomic E-state index is 5.88. The Morgan fingerprint density at radius 1 is 1.11 bits per heavy atom. The summed E-state index contributed by atoms with van der Waals surface area (Å²) < 4.78 is 2.40. The Balaban J connectivity index is 2.07. The lowest BCUT2D eigenvalue weighted by Crippen LogP contribution is -2.14. The Hall–Kier alpha value is -1.35. The quantitative estimate of drug-likeness (QED) is 0.822. The third kappa shape index (κ3) is 2.03. The summed E-state index contributed by atoms with van der Waals surface area (Å²) in [4.78, 5) is 4.67. The maximum atomic E-state index is 5.88. The molecule has 1 aliphatic rings. The second-order valence-electron chi connectivity index (χ2n) is 5.24. The van der Waals surface area contributed by atoms with E-state index in [1.54, 1.807) is 0 Å². The van der Waals surface area contributed by atoms with E-state index in [1.807, 2.05) is 6.07 Å². The summed E-state index contributed by atoms with van der Waals surface area (Å²) in [5.74, 6) is 1.04. The lowest BCUT2D eigenvalue weighted by molar-refractivity contribution is 0.440. The molecule has 1 aromatic carbocycles. The van der Waals surface area contributed by atoms with Crippen LogP contribution in [-0.2, 0) is 6.54 Å². The summed E-state index contributed by atoms with van der Waals surface area (Å²) in [5.41, 5.74) is 8.22. The van der Waals surface area contributed by atoms with Gasteiger partial charge in [-0.25, -0.2) is 4.98 Å². The van der Waals surface area contributed by atoms with Gasteiger partial charge in [0.2, 0.25) is 0 Å². The molecule has 2 N–H and O–H groups in total. The van der Waals surface area contributed by atoms with Crippen molar-refractivity contribution >= 4 is 11.0 Å². The van der Waals surface area contributed by atoms with Crippen LogP contribution < -0.4 is 5.73 Å². The van der Waals surface area contributed by atoms with E-state index in [0.29, 0.717) is 12.6 Å². The van der Waals surface area contributed by atoms with Gasteiger partial charge >= 0.3 is 0 Å². The first-order valence-electron chi connectivity index (χ1n) is 7.06. The molecule has 96 valence electrons. The number of nitrogens with two attached hydrogens (primary N) is 1. The highest BCUT2D eigenvalue weighted by Crippen LogP contribution is 2.31. The molecule has 0 amide bonds. The summed E-state index contributed by atoms with van der Waals surface area (Å²) in [5, 5.41) is 0. The lowest BCUT2D eigenvalue weighted by Gasteiger charge is -2.19. The smallest absolute Gasteiger partial charge is 0.123 e. The molecule has 0 saturated heterocycles. The molecule has 1 fully saturated rings. The third-order valence-corrected chi connectivity index (χ3v) is 4.04. The van der Waals surface area contributed by atoms with Gasteiger partial charge in [-0.1, -0.05) is 37.8 Å². The van der Waals surface area contributed by atoms with E-state index in [9.17, 15) is 0 Å². The number of aromatic nitrogens is 2. The Kier molecular flexibility index (Phi) is 3.33. The first kappa shape index (κ1) is 11.7. The predicted octanol–water partition coefficient (Wildman–Crippen LogP) is 3.39. The van der Waals surface area contributed by atoms with Crippen LogP contribution >= 0.6 is 0 Å². The second-order valence-corrected chi connectivity index (χ2v) is 5.24. The number of nitrogens with zero attached hydrogens (tertiary/aromatic N) is 2. The molecule has 0 spiro atoms. The van der Waals surface area contributed by atoms with Crippen molar-refractivity contribution in [3.05, 3.63) is 30.1 Å². The zero-order valence-electron chi connectivity index (χ0n) is 10.8. The summed E-state index contributed by atoms with van der Waals surface area (Å²) in [7, 11) is 0. The highest BCUT2D eigenvalue weighted by molar-refractivity contribution is 5.76. The van der Waals surface area contributed by atoms with Crippen molar-refractivity contribution in [2.45, 2.75) is 51.1 Å². The number of imidazole rings is 1. The highest BCUT2D eigenvalue weighted by Gasteiger charge is 2.19. The van der Waals surface area contributed by atoms with Crippen molar-refractivity contribution in [1.82, 2.24) is 9.55 Å². The monoisotopic (exact) mass is 243 g/mol. The molecule has 0 unspecified atom stereocenters. The molecule has 1 aliphatic carbocycles. The van der Waals surface area contributed by atoms with Crippen molar-refractivity contribution < 1.29 is 0 Å². The van der Waals surface area contributed by atoms with Crippen LogP contribution in [0.1, 0.15) is 50.4 Å². The SMILES string of the molecule is NCc1nc2ccccc2n1C1CCCCCC1. The van der Waals surface area contributed by atoms with Crippen molar-refractivity contribution in [3.63, 3.8) is 0 Å². The molecule has 3 rings (SSSR count). The first-order chi connectivity index (χ1) is 8.90. The highest BCUT2D eigenvalue weighted by atomic mass is 15.1. The molecule has 1 saturated carbocycles. The summed E-state index contributed by atoms with van der Waals surface area (Å²) in [6.07, 6.45) is 7.96. The fourth-order valence-electron chi connectivity index (χ4n) is 3.16. The standard InChI is InChI=1S/C15H21N3/c16-11-15-17-13-9-5-6-10-14(13)18(15)12-7-3-1-2-4-8-12/h5-6,9-10,12H,1-4,7-8,11,16H2. The van der Waals surface area contributed by atoms with Gasteiger partial charge in [-0.05, 0) is 25.0 Å². The molecule has 18 heavy (non-hydrogen) atoms. The van der Waals surface area contributed by atoms with Crippen LogP contribution in [0.3, 0.4) is 0 Å². The number of fused-ring (bicyclic) bond motifs is 1. The van der Waals surface area contributed by atoms with Gasteiger partial charge in [0.25, 0.3) is 0 Å². The van der Waals surface area contributed by atoms with E-state index in [-0.39, 0.29) is 0 Å². The normalized spacial score (nSPS) is 18.1. The van der Waals surface area contributed by atoms with Crippen LogP contribution in [0.4, 0.5) is 0 Å². The van der Waals surface area contributed by atoms with Gasteiger partial charge in [0.1, 0.15) is 5.82 Å². The minimum absolute atomic E-state index is 0.533. The largest absolute Gasteiger partial charge is 0.324 e. The van der Waals surface area contributed by atoms with Crippen LogP contribution in [0.5, 0.6) is 0 Å². The number of hydrogen-bond donors (Lipinski definition) is 1. The van der Waals surface area contributed by atoms with Gasteiger partial charge in [0.05, 0.1) is 17.6 Å². The molecule has 3 heteroatoms. The first-order valence-corrected chi connectivity index (χ1v) is 7.06.